The lowest BCUT2D eigenvalue weighted by molar-refractivity contribution is -0.129. The average molecular weight is 511 g/mol. The van der Waals surface area contributed by atoms with E-state index in [4.69, 9.17) is 14.5 Å². The molecule has 0 aliphatic heterocycles. The number of halogens is 3. The third-order valence-electron chi connectivity index (χ3n) is 4.76. The summed E-state index contributed by atoms with van der Waals surface area (Å²) in [7, 11) is 1.59. The molecule has 4 rings (SSSR count). The minimum Gasteiger partial charge on any atom is -0.611 e. The number of alkyl halides is 3. The Bertz CT molecular complexity index is 1280. The highest BCUT2D eigenvalue weighted by atomic mass is 32.2. The molecule has 0 aliphatic rings. The van der Waals surface area contributed by atoms with Crippen LogP contribution in [0.25, 0.3) is 27.4 Å². The fourth-order valence-electron chi connectivity index (χ4n) is 3.15. The van der Waals surface area contributed by atoms with Gasteiger partial charge in [0.25, 0.3) is 0 Å². The van der Waals surface area contributed by atoms with Crippen molar-refractivity contribution in [2.45, 2.75) is 23.7 Å². The fourth-order valence-corrected chi connectivity index (χ4v) is 5.64. The van der Waals surface area contributed by atoms with E-state index >= 15 is 0 Å². The maximum atomic E-state index is 12.6. The van der Waals surface area contributed by atoms with Crippen LogP contribution >= 0.6 is 11.3 Å². The van der Waals surface area contributed by atoms with Crippen LogP contribution in [0.3, 0.4) is 0 Å². The van der Waals surface area contributed by atoms with Gasteiger partial charge in [0, 0.05) is 30.3 Å². The van der Waals surface area contributed by atoms with E-state index in [2.05, 4.69) is 9.97 Å². The molecule has 12 heteroatoms. The zero-order valence-corrected chi connectivity index (χ0v) is 20.0. The molecular weight excluding hydrogens is 489 g/mol. The quantitative estimate of drug-likeness (QED) is 0.234. The van der Waals surface area contributed by atoms with Crippen molar-refractivity contribution in [3.8, 4) is 23.0 Å². The fraction of sp³-hybridized carbons (Fsp3) is 0.318. The predicted molar refractivity (Wildman–Crippen MR) is 124 cm³/mol. The Kier molecular flexibility index (Phi) is 7.41. The molecule has 0 aliphatic carbocycles. The van der Waals surface area contributed by atoms with Crippen LogP contribution in [0, 0.1) is 6.92 Å². The first-order valence-electron chi connectivity index (χ1n) is 10.2. The van der Waals surface area contributed by atoms with Gasteiger partial charge in [-0.25, -0.2) is 15.0 Å². The summed E-state index contributed by atoms with van der Waals surface area (Å²) in [5, 5.41) is 0.606. The maximum Gasteiger partial charge on any atom is 0.393 e. The van der Waals surface area contributed by atoms with Crippen LogP contribution in [-0.2, 0) is 15.9 Å². The summed E-state index contributed by atoms with van der Waals surface area (Å²) in [6.07, 6.45) is -2.13. The normalized spacial score (nSPS) is 12.9. The lowest BCUT2D eigenvalue weighted by Crippen LogP contribution is -2.15. The predicted octanol–water partition coefficient (Wildman–Crippen LogP) is 4.94. The number of imidazole rings is 1. The summed E-state index contributed by atoms with van der Waals surface area (Å²) in [4.78, 5) is 14.0. The first kappa shape index (κ1) is 24.5. The molecular formula is C22H21F3N4O3S2. The Morgan fingerprint density at radius 3 is 2.71 bits per heavy atom. The highest BCUT2D eigenvalue weighted by Gasteiger charge is 2.31. The maximum absolute atomic E-state index is 12.6. The molecule has 0 saturated heterocycles. The number of thiophene rings is 1. The van der Waals surface area contributed by atoms with E-state index in [-0.39, 0.29) is 0 Å². The standard InChI is InChI=1S/C22H21F3N4O3S2/c1-14-12-29(13-26-14)21-27-19(15-4-3-5-16(10-15)32-8-7-31-2)17-11-18(33-20(17)28-21)34(30)9-6-22(23,24)25/h3-5,10-13H,6-9H2,1-2H3. The van der Waals surface area contributed by atoms with E-state index in [9.17, 15) is 17.7 Å². The number of aromatic nitrogens is 4. The summed E-state index contributed by atoms with van der Waals surface area (Å²) in [6, 6.07) is 8.91. The number of hydrogen-bond acceptors (Lipinski definition) is 7. The Morgan fingerprint density at radius 2 is 2.00 bits per heavy atom. The molecule has 4 aromatic rings. The highest BCUT2D eigenvalue weighted by Crippen LogP contribution is 2.36. The van der Waals surface area contributed by atoms with Crippen molar-refractivity contribution in [1.29, 1.82) is 0 Å². The molecule has 3 aromatic heterocycles. The Labute approximate surface area is 200 Å². The van der Waals surface area contributed by atoms with E-state index < -0.39 is 29.5 Å². The smallest absolute Gasteiger partial charge is 0.393 e. The van der Waals surface area contributed by atoms with Gasteiger partial charge in [-0.1, -0.05) is 23.5 Å². The van der Waals surface area contributed by atoms with Gasteiger partial charge in [-0.05, 0) is 30.2 Å². The van der Waals surface area contributed by atoms with Gasteiger partial charge >= 0.3 is 6.18 Å². The molecule has 0 fully saturated rings. The van der Waals surface area contributed by atoms with Gasteiger partial charge in [-0.15, -0.1) is 0 Å². The highest BCUT2D eigenvalue weighted by molar-refractivity contribution is 7.93. The molecule has 1 atom stereocenters. The second-order valence-electron chi connectivity index (χ2n) is 7.36. The van der Waals surface area contributed by atoms with E-state index in [1.54, 1.807) is 30.3 Å². The van der Waals surface area contributed by atoms with E-state index in [0.29, 0.717) is 45.0 Å². The van der Waals surface area contributed by atoms with Gasteiger partial charge in [-0.2, -0.15) is 13.2 Å². The monoisotopic (exact) mass is 510 g/mol. The van der Waals surface area contributed by atoms with Gasteiger partial charge < -0.3 is 14.0 Å². The third-order valence-corrected chi connectivity index (χ3v) is 7.53. The van der Waals surface area contributed by atoms with Gasteiger partial charge in [0.1, 0.15) is 29.3 Å². The van der Waals surface area contributed by atoms with Gasteiger partial charge in [0.05, 0.1) is 24.4 Å². The molecule has 180 valence electrons. The number of rotatable bonds is 9. The molecule has 34 heavy (non-hydrogen) atoms. The molecule has 1 aromatic carbocycles. The van der Waals surface area contributed by atoms with Crippen molar-refractivity contribution in [2.24, 2.45) is 0 Å². The van der Waals surface area contributed by atoms with Crippen LogP contribution < -0.4 is 4.74 Å². The lowest BCUT2D eigenvalue weighted by Gasteiger charge is -2.10. The summed E-state index contributed by atoms with van der Waals surface area (Å²) < 4.78 is 63.2. The molecule has 0 N–H and O–H groups in total. The minimum absolute atomic E-state index is 0.321. The second-order valence-corrected chi connectivity index (χ2v) is 10.2. The van der Waals surface area contributed by atoms with Crippen LogP contribution in [0.2, 0.25) is 0 Å². The number of ether oxygens (including phenoxy) is 2. The Hall–Kier alpha value is -2.67. The molecule has 0 saturated carbocycles. The van der Waals surface area contributed by atoms with Crippen molar-refractivity contribution < 1.29 is 27.2 Å². The van der Waals surface area contributed by atoms with Gasteiger partial charge in [0.2, 0.25) is 10.2 Å². The number of hydrogen-bond donors (Lipinski definition) is 0. The third kappa shape index (κ3) is 5.87. The van der Waals surface area contributed by atoms with E-state index in [0.717, 1.165) is 22.6 Å². The van der Waals surface area contributed by atoms with Crippen LogP contribution in [0.4, 0.5) is 13.2 Å². The largest absolute Gasteiger partial charge is 0.611 e. The molecule has 0 radical (unpaired) electrons. The van der Waals surface area contributed by atoms with Crippen molar-refractivity contribution in [3.05, 3.63) is 48.5 Å². The molecule has 0 bridgehead atoms. The van der Waals surface area contributed by atoms with Crippen LogP contribution in [0.5, 0.6) is 5.75 Å². The zero-order valence-electron chi connectivity index (χ0n) is 18.3. The zero-order chi connectivity index (χ0) is 24.3. The summed E-state index contributed by atoms with van der Waals surface area (Å²) in [5.74, 6) is 0.462. The van der Waals surface area contributed by atoms with Gasteiger partial charge in [-0.3, -0.25) is 4.57 Å². The number of aryl methyl sites for hydroxylation is 1. The van der Waals surface area contributed by atoms with Crippen LogP contribution in [0.1, 0.15) is 12.1 Å². The molecule has 0 spiro atoms. The van der Waals surface area contributed by atoms with Crippen LogP contribution in [0.15, 0.2) is 47.1 Å². The lowest BCUT2D eigenvalue weighted by atomic mass is 10.1. The van der Waals surface area contributed by atoms with Crippen molar-refractivity contribution in [1.82, 2.24) is 19.5 Å². The first-order chi connectivity index (χ1) is 16.2. The molecule has 7 nitrogen and oxygen atoms in total. The molecule has 3 heterocycles. The van der Waals surface area contributed by atoms with E-state index in [1.165, 1.54) is 0 Å². The summed E-state index contributed by atoms with van der Waals surface area (Å²) >= 11 is -0.710. The SMILES string of the molecule is COCCOc1cccc(-c2nc(-n3cnc(C)c3)nc3sc([S+]([O-])CCC(F)(F)F)cc23)c1. The average Bonchev–Trinajstić information content (AvgIpc) is 3.43. The Balaban J connectivity index is 1.77. The van der Waals surface area contributed by atoms with Crippen molar-refractivity contribution in [2.75, 3.05) is 26.1 Å². The number of methoxy groups -OCH3 is 1. The number of fused-ring (bicyclic) bond motifs is 1. The van der Waals surface area contributed by atoms with Crippen molar-refractivity contribution >= 4 is 32.7 Å². The summed E-state index contributed by atoms with van der Waals surface area (Å²) in [6.45, 7) is 2.65. The van der Waals surface area contributed by atoms with Gasteiger partial charge in [0.15, 0.2) is 0 Å². The van der Waals surface area contributed by atoms with E-state index in [1.807, 2.05) is 31.2 Å². The first-order valence-corrected chi connectivity index (χ1v) is 12.4. The van der Waals surface area contributed by atoms with Crippen molar-refractivity contribution in [3.63, 3.8) is 0 Å². The van der Waals surface area contributed by atoms with Crippen LogP contribution in [-0.4, -0.2) is 56.3 Å². The number of nitrogens with zero attached hydrogens (tertiary/aromatic N) is 4. The minimum atomic E-state index is -4.37. The molecule has 1 unspecified atom stereocenters. The number of benzene rings is 1. The summed E-state index contributed by atoms with van der Waals surface area (Å²) in [5.41, 5.74) is 2.06. The Morgan fingerprint density at radius 1 is 1.18 bits per heavy atom. The second kappa shape index (κ2) is 10.3. The topological polar surface area (TPSA) is 85.1 Å². The molecule has 0 amide bonds.